The van der Waals surface area contributed by atoms with Crippen molar-refractivity contribution in [3.8, 4) is 0 Å². The molecular formula is C4H10O2S2. The molecule has 50 valence electrons. The third-order valence-corrected chi connectivity index (χ3v) is 4.44. The van der Waals surface area contributed by atoms with Crippen LogP contribution in [0.4, 0.5) is 0 Å². The minimum atomic E-state index is -2.75. The van der Waals surface area contributed by atoms with E-state index in [1.165, 1.54) is 0 Å². The Hall–Kier alpha value is 0.300. The van der Waals surface area contributed by atoms with Crippen LogP contribution in [-0.4, -0.2) is 19.9 Å². The number of rotatable bonds is 3. The molecule has 8 heavy (non-hydrogen) atoms. The van der Waals surface area contributed by atoms with E-state index in [1.807, 2.05) is 6.92 Å². The Balaban J connectivity index is 3.76. The monoisotopic (exact) mass is 154 g/mol. The zero-order chi connectivity index (χ0) is 6.62. The van der Waals surface area contributed by atoms with Gasteiger partial charge in [-0.3, -0.25) is 0 Å². The molecule has 0 unspecified atom stereocenters. The van der Waals surface area contributed by atoms with Crippen LogP contribution in [0, 0.1) is 0 Å². The Morgan fingerprint density at radius 2 is 1.88 bits per heavy atom. The Kier molecular flexibility index (Phi) is 3.48. The van der Waals surface area contributed by atoms with Gasteiger partial charge in [0, 0.05) is 5.75 Å². The highest BCUT2D eigenvalue weighted by Gasteiger charge is 2.03. The Morgan fingerprint density at radius 1 is 1.38 bits per heavy atom. The van der Waals surface area contributed by atoms with Gasteiger partial charge in [0.25, 0.3) is 0 Å². The van der Waals surface area contributed by atoms with Gasteiger partial charge in [-0.15, -0.1) is 0 Å². The van der Waals surface area contributed by atoms with Crippen LogP contribution >= 0.6 is 10.8 Å². The summed E-state index contributed by atoms with van der Waals surface area (Å²) < 4.78 is 21.1. The molecule has 0 atom stereocenters. The fourth-order valence-corrected chi connectivity index (χ4v) is 2.37. The third-order valence-electron chi connectivity index (χ3n) is 0.651. The molecule has 0 rings (SSSR count). The summed E-state index contributed by atoms with van der Waals surface area (Å²) in [5.41, 5.74) is 0. The summed E-state index contributed by atoms with van der Waals surface area (Å²) in [6, 6.07) is 0. The summed E-state index contributed by atoms with van der Waals surface area (Å²) in [6.07, 6.45) is 0. The fourth-order valence-electron chi connectivity index (χ4n) is 0.263. The van der Waals surface area contributed by atoms with Gasteiger partial charge in [-0.1, -0.05) is 13.8 Å². The molecule has 4 heteroatoms. The molecule has 0 bridgehead atoms. The molecule has 0 heterocycles. The number of hydrogen-bond acceptors (Lipinski definition) is 3. The molecule has 0 aromatic carbocycles. The third kappa shape index (κ3) is 3.32. The first-order valence-corrected chi connectivity index (χ1v) is 5.65. The van der Waals surface area contributed by atoms with E-state index < -0.39 is 8.87 Å². The molecule has 0 N–H and O–H groups in total. The molecule has 0 radical (unpaired) electrons. The second kappa shape index (κ2) is 3.35. The molecule has 0 amide bonds. The lowest BCUT2D eigenvalue weighted by atomic mass is 11.0. The van der Waals surface area contributed by atoms with Gasteiger partial charge in [-0.2, -0.15) is 0 Å². The van der Waals surface area contributed by atoms with Crippen LogP contribution in [0.25, 0.3) is 0 Å². The summed E-state index contributed by atoms with van der Waals surface area (Å²) >= 11 is 0. The van der Waals surface area contributed by atoms with Crippen molar-refractivity contribution in [1.29, 1.82) is 0 Å². The fraction of sp³-hybridized carbons (Fsp3) is 1.00. The number of hydrogen-bond donors (Lipinski definition) is 0. The predicted octanol–water partition coefficient (Wildman–Crippen LogP) is 1.09. The second-order valence-corrected chi connectivity index (χ2v) is 5.99. The predicted molar refractivity (Wildman–Crippen MR) is 37.6 cm³/mol. The maximum atomic E-state index is 10.6. The van der Waals surface area contributed by atoms with Crippen molar-refractivity contribution in [2.75, 3.05) is 11.5 Å². The quantitative estimate of drug-likeness (QED) is 0.571. The lowest BCUT2D eigenvalue weighted by Crippen LogP contribution is -1.95. The van der Waals surface area contributed by atoms with Gasteiger partial charge < -0.3 is 0 Å². The highest BCUT2D eigenvalue weighted by Crippen LogP contribution is 2.10. The van der Waals surface area contributed by atoms with Crippen LogP contribution < -0.4 is 0 Å². The van der Waals surface area contributed by atoms with Gasteiger partial charge in [-0.05, 0) is 10.8 Å². The molecule has 0 aliphatic heterocycles. The molecule has 2 nitrogen and oxygen atoms in total. The van der Waals surface area contributed by atoms with Crippen molar-refractivity contribution in [3.05, 3.63) is 0 Å². The van der Waals surface area contributed by atoms with E-state index in [9.17, 15) is 8.42 Å². The summed E-state index contributed by atoms with van der Waals surface area (Å²) in [6.45, 7) is 3.48. The van der Waals surface area contributed by atoms with Crippen molar-refractivity contribution >= 4 is 19.7 Å². The van der Waals surface area contributed by atoms with Gasteiger partial charge in [0.1, 0.15) is 0 Å². The Morgan fingerprint density at radius 3 is 2.00 bits per heavy atom. The van der Waals surface area contributed by atoms with E-state index in [1.54, 1.807) is 6.92 Å². The molecule has 0 fully saturated rings. The molecule has 0 aromatic heterocycles. The van der Waals surface area contributed by atoms with Gasteiger partial charge in [-0.25, -0.2) is 8.42 Å². The zero-order valence-corrected chi connectivity index (χ0v) is 6.68. The van der Waals surface area contributed by atoms with E-state index >= 15 is 0 Å². The van der Waals surface area contributed by atoms with Crippen LogP contribution in [0.5, 0.6) is 0 Å². The van der Waals surface area contributed by atoms with Crippen LogP contribution in [0.15, 0.2) is 0 Å². The lowest BCUT2D eigenvalue weighted by molar-refractivity contribution is 0.611. The second-order valence-electron chi connectivity index (χ2n) is 1.25. The molecule has 0 saturated carbocycles. The van der Waals surface area contributed by atoms with Crippen LogP contribution in [0.3, 0.4) is 0 Å². The van der Waals surface area contributed by atoms with Crippen LogP contribution in [-0.2, 0) is 8.87 Å². The van der Waals surface area contributed by atoms with E-state index in [0.29, 0.717) is 5.75 Å². The van der Waals surface area contributed by atoms with E-state index in [-0.39, 0.29) is 5.75 Å². The standard InChI is InChI=1S/C4H10O2S2/c1-3-7-8(5,6)4-2/h3-4H2,1-2H3. The highest BCUT2D eigenvalue weighted by molar-refractivity contribution is 8.72. The first-order valence-electron chi connectivity index (χ1n) is 2.49. The van der Waals surface area contributed by atoms with E-state index in [0.717, 1.165) is 10.8 Å². The van der Waals surface area contributed by atoms with Crippen molar-refractivity contribution in [1.82, 2.24) is 0 Å². The van der Waals surface area contributed by atoms with Gasteiger partial charge >= 0.3 is 0 Å². The molecule has 0 spiro atoms. The van der Waals surface area contributed by atoms with E-state index in [2.05, 4.69) is 0 Å². The van der Waals surface area contributed by atoms with Crippen molar-refractivity contribution in [2.45, 2.75) is 13.8 Å². The molecule has 0 aliphatic carbocycles. The largest absolute Gasteiger partial charge is 0.217 e. The summed E-state index contributed by atoms with van der Waals surface area (Å²) in [4.78, 5) is 0. The average Bonchev–Trinajstić information content (AvgIpc) is 1.67. The topological polar surface area (TPSA) is 34.1 Å². The first kappa shape index (κ1) is 8.30. The van der Waals surface area contributed by atoms with Crippen molar-refractivity contribution in [2.24, 2.45) is 0 Å². The minimum Gasteiger partial charge on any atom is -0.217 e. The van der Waals surface area contributed by atoms with Gasteiger partial charge in [0.15, 0.2) is 0 Å². The van der Waals surface area contributed by atoms with Crippen LogP contribution in [0.2, 0.25) is 0 Å². The van der Waals surface area contributed by atoms with Crippen molar-refractivity contribution < 1.29 is 8.42 Å². The lowest BCUT2D eigenvalue weighted by Gasteiger charge is -1.92. The first-order chi connectivity index (χ1) is 3.62. The molecule has 0 aliphatic rings. The van der Waals surface area contributed by atoms with Gasteiger partial charge in [0.05, 0.1) is 5.75 Å². The Bertz CT molecular complexity index is 136. The SMILES string of the molecule is CCSS(=O)(=O)CC. The Labute approximate surface area is 54.0 Å². The van der Waals surface area contributed by atoms with Crippen molar-refractivity contribution in [3.63, 3.8) is 0 Å². The minimum absolute atomic E-state index is 0.242. The molecule has 0 aromatic rings. The normalized spacial score (nSPS) is 11.8. The smallest absolute Gasteiger partial charge is 0.201 e. The van der Waals surface area contributed by atoms with Crippen LogP contribution in [0.1, 0.15) is 13.8 Å². The molecule has 0 saturated heterocycles. The maximum Gasteiger partial charge on any atom is 0.201 e. The summed E-state index contributed by atoms with van der Waals surface area (Å²) in [7, 11) is -1.75. The highest BCUT2D eigenvalue weighted by atomic mass is 33.1. The van der Waals surface area contributed by atoms with Gasteiger partial charge in [0.2, 0.25) is 8.87 Å². The summed E-state index contributed by atoms with van der Waals surface area (Å²) in [5.74, 6) is 0.891. The summed E-state index contributed by atoms with van der Waals surface area (Å²) in [5, 5.41) is 0. The van der Waals surface area contributed by atoms with E-state index in [4.69, 9.17) is 0 Å². The molecular weight excluding hydrogens is 144 g/mol. The maximum absolute atomic E-state index is 10.6. The average molecular weight is 154 g/mol. The zero-order valence-electron chi connectivity index (χ0n) is 5.05.